The number of aromatic nitrogens is 4. The molecule has 1 aromatic rings. The molecule has 0 spiro atoms. The van der Waals surface area contributed by atoms with Crippen LogP contribution in [0.2, 0.25) is 0 Å². The highest BCUT2D eigenvalue weighted by Gasteiger charge is 2.24. The molecular formula is C10H19N5OS. The van der Waals surface area contributed by atoms with E-state index in [4.69, 9.17) is 0 Å². The highest BCUT2D eigenvalue weighted by molar-refractivity contribution is 8.00. The van der Waals surface area contributed by atoms with Crippen molar-refractivity contribution >= 4 is 17.7 Å². The Hall–Kier alpha value is -1.11. The molecule has 1 heterocycles. The van der Waals surface area contributed by atoms with Crippen molar-refractivity contribution in [2.75, 3.05) is 14.1 Å². The second-order valence-electron chi connectivity index (χ2n) is 5.04. The maximum absolute atomic E-state index is 11.8. The van der Waals surface area contributed by atoms with Crippen LogP contribution in [0.1, 0.15) is 27.7 Å². The predicted octanol–water partition coefficient (Wildman–Crippen LogP) is 0.997. The molecule has 0 N–H and O–H groups in total. The number of hydrogen-bond donors (Lipinski definition) is 0. The first kappa shape index (κ1) is 14.0. The van der Waals surface area contributed by atoms with Gasteiger partial charge in [0.15, 0.2) is 0 Å². The van der Waals surface area contributed by atoms with Crippen LogP contribution < -0.4 is 0 Å². The zero-order valence-electron chi connectivity index (χ0n) is 11.1. The van der Waals surface area contributed by atoms with Crippen molar-refractivity contribution in [3.8, 4) is 0 Å². The molecule has 0 saturated carbocycles. The fraction of sp³-hybridized carbons (Fsp3) is 0.800. The summed E-state index contributed by atoms with van der Waals surface area (Å²) in [6.45, 7) is 7.91. The third kappa shape index (κ3) is 3.42. The van der Waals surface area contributed by atoms with E-state index in [2.05, 4.69) is 15.5 Å². The molecule has 0 aliphatic carbocycles. The maximum atomic E-state index is 11.8. The molecule has 0 aromatic carbocycles. The Labute approximate surface area is 106 Å². The number of amides is 1. The number of carbonyl (C=O) groups is 1. The Bertz CT molecular complexity index is 396. The van der Waals surface area contributed by atoms with Gasteiger partial charge in [0, 0.05) is 14.1 Å². The van der Waals surface area contributed by atoms with Crippen LogP contribution >= 0.6 is 11.8 Å². The van der Waals surface area contributed by atoms with Gasteiger partial charge in [-0.2, -0.15) is 0 Å². The van der Waals surface area contributed by atoms with Crippen molar-refractivity contribution < 1.29 is 4.79 Å². The lowest BCUT2D eigenvalue weighted by Crippen LogP contribution is -2.31. The van der Waals surface area contributed by atoms with Gasteiger partial charge >= 0.3 is 0 Å². The molecule has 0 fully saturated rings. The van der Waals surface area contributed by atoms with Gasteiger partial charge in [-0.1, -0.05) is 11.8 Å². The van der Waals surface area contributed by atoms with E-state index in [0.717, 1.165) is 0 Å². The molecule has 0 bridgehead atoms. The van der Waals surface area contributed by atoms with Crippen LogP contribution in [0.5, 0.6) is 0 Å². The van der Waals surface area contributed by atoms with Crippen molar-refractivity contribution in [3.63, 3.8) is 0 Å². The molecule has 0 aliphatic heterocycles. The predicted molar refractivity (Wildman–Crippen MR) is 66.8 cm³/mol. The lowest BCUT2D eigenvalue weighted by Gasteiger charge is -2.21. The van der Waals surface area contributed by atoms with Crippen LogP contribution in [0.4, 0.5) is 0 Å². The van der Waals surface area contributed by atoms with Crippen LogP contribution in [-0.4, -0.2) is 50.4 Å². The van der Waals surface area contributed by atoms with Crippen molar-refractivity contribution in [2.24, 2.45) is 0 Å². The first-order chi connectivity index (χ1) is 7.73. The monoisotopic (exact) mass is 257 g/mol. The Morgan fingerprint density at radius 2 is 2.00 bits per heavy atom. The third-order valence-corrected chi connectivity index (χ3v) is 3.17. The summed E-state index contributed by atoms with van der Waals surface area (Å²) in [6.07, 6.45) is 0. The van der Waals surface area contributed by atoms with E-state index in [1.54, 1.807) is 23.7 Å². The highest BCUT2D eigenvalue weighted by atomic mass is 32.2. The molecule has 1 amide bonds. The zero-order valence-corrected chi connectivity index (χ0v) is 11.9. The second kappa shape index (κ2) is 5.03. The average molecular weight is 257 g/mol. The molecule has 0 radical (unpaired) electrons. The molecule has 96 valence electrons. The van der Waals surface area contributed by atoms with E-state index in [-0.39, 0.29) is 16.7 Å². The molecule has 7 heteroatoms. The van der Waals surface area contributed by atoms with Crippen LogP contribution in [0.15, 0.2) is 5.16 Å². The van der Waals surface area contributed by atoms with Crippen LogP contribution in [0.3, 0.4) is 0 Å². The second-order valence-corrected chi connectivity index (χ2v) is 6.34. The van der Waals surface area contributed by atoms with Crippen molar-refractivity contribution in [1.29, 1.82) is 0 Å². The molecule has 1 atom stereocenters. The summed E-state index contributed by atoms with van der Waals surface area (Å²) in [5.74, 6) is 0.0541. The van der Waals surface area contributed by atoms with Gasteiger partial charge in [-0.15, -0.1) is 5.10 Å². The van der Waals surface area contributed by atoms with Gasteiger partial charge in [0.25, 0.3) is 0 Å². The summed E-state index contributed by atoms with van der Waals surface area (Å²) in [4.78, 5) is 13.3. The number of nitrogens with zero attached hydrogens (tertiary/aromatic N) is 5. The van der Waals surface area contributed by atoms with Gasteiger partial charge in [0.2, 0.25) is 11.1 Å². The minimum atomic E-state index is -0.197. The molecule has 0 aliphatic rings. The Morgan fingerprint density at radius 3 is 2.47 bits per heavy atom. The number of hydrogen-bond acceptors (Lipinski definition) is 5. The summed E-state index contributed by atoms with van der Waals surface area (Å²) in [7, 11) is 3.48. The molecule has 1 aromatic heterocycles. The van der Waals surface area contributed by atoms with Gasteiger partial charge in [-0.3, -0.25) is 4.79 Å². The largest absolute Gasteiger partial charge is 0.348 e. The van der Waals surface area contributed by atoms with Crippen molar-refractivity contribution in [2.45, 2.75) is 43.6 Å². The van der Waals surface area contributed by atoms with Crippen LogP contribution in [-0.2, 0) is 10.3 Å². The van der Waals surface area contributed by atoms with Gasteiger partial charge in [-0.05, 0) is 38.1 Å². The number of thioether (sulfide) groups is 1. The third-order valence-electron chi connectivity index (χ3n) is 2.15. The van der Waals surface area contributed by atoms with Gasteiger partial charge in [0.05, 0.1) is 10.8 Å². The lowest BCUT2D eigenvalue weighted by atomic mass is 10.1. The van der Waals surface area contributed by atoms with Crippen LogP contribution in [0.25, 0.3) is 0 Å². The average Bonchev–Trinajstić information content (AvgIpc) is 2.63. The Morgan fingerprint density at radius 1 is 1.41 bits per heavy atom. The first-order valence-corrected chi connectivity index (χ1v) is 6.28. The molecule has 0 unspecified atom stereocenters. The number of carbonyl (C=O) groups excluding carboxylic acids is 1. The van der Waals surface area contributed by atoms with E-state index in [9.17, 15) is 4.79 Å². The fourth-order valence-electron chi connectivity index (χ4n) is 1.25. The SMILES string of the molecule is C[C@@H](Sc1nnnn1C(C)(C)C)C(=O)N(C)C. The van der Waals surface area contributed by atoms with E-state index in [1.165, 1.54) is 11.8 Å². The summed E-state index contributed by atoms with van der Waals surface area (Å²) in [6, 6.07) is 0. The van der Waals surface area contributed by atoms with E-state index < -0.39 is 0 Å². The van der Waals surface area contributed by atoms with Gasteiger partial charge in [0.1, 0.15) is 0 Å². The molecule has 0 saturated heterocycles. The number of rotatable bonds is 3. The highest BCUT2D eigenvalue weighted by Crippen LogP contribution is 2.25. The Balaban J connectivity index is 2.83. The quantitative estimate of drug-likeness (QED) is 0.756. The van der Waals surface area contributed by atoms with Gasteiger partial charge < -0.3 is 4.90 Å². The number of tetrazole rings is 1. The molecule has 1 rings (SSSR count). The van der Waals surface area contributed by atoms with Gasteiger partial charge in [-0.25, -0.2) is 4.68 Å². The molecule has 17 heavy (non-hydrogen) atoms. The van der Waals surface area contributed by atoms with Crippen LogP contribution in [0, 0.1) is 0 Å². The standard InChI is InChI=1S/C10H19N5OS/c1-7(8(16)14(5)6)17-9-11-12-13-15(9)10(2,3)4/h7H,1-6H3/t7-/m1/s1. The van der Waals surface area contributed by atoms with Crippen molar-refractivity contribution in [1.82, 2.24) is 25.1 Å². The lowest BCUT2D eigenvalue weighted by molar-refractivity contribution is -0.127. The van der Waals surface area contributed by atoms with E-state index in [1.807, 2.05) is 27.7 Å². The van der Waals surface area contributed by atoms with Crippen molar-refractivity contribution in [3.05, 3.63) is 0 Å². The fourth-order valence-corrected chi connectivity index (χ4v) is 2.37. The molecular weight excluding hydrogens is 238 g/mol. The minimum Gasteiger partial charge on any atom is -0.348 e. The summed E-state index contributed by atoms with van der Waals surface area (Å²) < 4.78 is 1.73. The first-order valence-electron chi connectivity index (χ1n) is 5.40. The van der Waals surface area contributed by atoms with E-state index >= 15 is 0 Å². The molecule has 6 nitrogen and oxygen atoms in total. The normalized spacial score (nSPS) is 13.5. The summed E-state index contributed by atoms with van der Waals surface area (Å²) >= 11 is 1.38. The summed E-state index contributed by atoms with van der Waals surface area (Å²) in [5, 5.41) is 12.0. The topological polar surface area (TPSA) is 63.9 Å². The van der Waals surface area contributed by atoms with E-state index in [0.29, 0.717) is 5.16 Å². The Kier molecular flexibility index (Phi) is 4.13. The smallest absolute Gasteiger partial charge is 0.235 e. The maximum Gasteiger partial charge on any atom is 0.235 e. The zero-order chi connectivity index (χ0) is 13.2. The summed E-state index contributed by atoms with van der Waals surface area (Å²) in [5.41, 5.74) is -0.188. The minimum absolute atomic E-state index is 0.0541.